The van der Waals surface area contributed by atoms with Crippen LogP contribution in [0.25, 0.3) is 0 Å². The number of thiophene rings is 1. The lowest BCUT2D eigenvalue weighted by Gasteiger charge is -2.21. The van der Waals surface area contributed by atoms with Gasteiger partial charge in [-0.15, -0.1) is 11.3 Å². The van der Waals surface area contributed by atoms with Crippen LogP contribution >= 0.6 is 11.3 Å². The van der Waals surface area contributed by atoms with Gasteiger partial charge in [0.05, 0.1) is 6.61 Å². The van der Waals surface area contributed by atoms with E-state index in [1.807, 2.05) is 13.1 Å². The number of nitrogens with one attached hydrogen (secondary N) is 2. The van der Waals surface area contributed by atoms with Crippen molar-refractivity contribution in [1.29, 1.82) is 0 Å². The van der Waals surface area contributed by atoms with Gasteiger partial charge in [0.15, 0.2) is 0 Å². The maximum Gasteiger partial charge on any atom is 0.250 e. The Kier molecular flexibility index (Phi) is 5.35. The molecule has 0 bridgehead atoms. The molecular formula is C12H20N2O3S2. The third-order valence-electron chi connectivity index (χ3n) is 3.07. The summed E-state index contributed by atoms with van der Waals surface area (Å²) >= 11 is 1.31. The summed E-state index contributed by atoms with van der Waals surface area (Å²) in [6.07, 6.45) is 2.04. The molecule has 1 saturated heterocycles. The normalized spacial score (nSPS) is 20.6. The van der Waals surface area contributed by atoms with Crippen LogP contribution in [0.5, 0.6) is 0 Å². The van der Waals surface area contributed by atoms with Crippen LogP contribution in [0.3, 0.4) is 0 Å². The first-order valence-electron chi connectivity index (χ1n) is 6.42. The summed E-state index contributed by atoms with van der Waals surface area (Å²) in [5.41, 5.74) is 0. The Morgan fingerprint density at radius 3 is 3.00 bits per heavy atom. The summed E-state index contributed by atoms with van der Waals surface area (Å²) in [5, 5.41) is 3.01. The number of rotatable bonds is 6. The van der Waals surface area contributed by atoms with Gasteiger partial charge in [-0.1, -0.05) is 0 Å². The number of sulfonamides is 1. The summed E-state index contributed by atoms with van der Waals surface area (Å²) in [7, 11) is -1.53. The standard InChI is InChI=1S/C12H20N2O3S2/c1-13-8-11-4-5-12(18-11)19(15,16)14-7-10-3-2-6-17-9-10/h4-5,10,13-14H,2-3,6-9H2,1H3. The molecule has 1 aliphatic heterocycles. The fourth-order valence-corrected chi connectivity index (χ4v) is 4.57. The lowest BCUT2D eigenvalue weighted by atomic mass is 10.0. The Labute approximate surface area is 118 Å². The van der Waals surface area contributed by atoms with E-state index in [0.29, 0.717) is 29.8 Å². The van der Waals surface area contributed by atoms with E-state index in [1.54, 1.807) is 6.07 Å². The second kappa shape index (κ2) is 6.81. The van der Waals surface area contributed by atoms with E-state index in [9.17, 15) is 8.42 Å². The summed E-state index contributed by atoms with van der Waals surface area (Å²) < 4.78 is 32.7. The predicted molar refractivity (Wildman–Crippen MR) is 75.8 cm³/mol. The summed E-state index contributed by atoms with van der Waals surface area (Å²) in [6, 6.07) is 3.51. The van der Waals surface area contributed by atoms with Gasteiger partial charge in [0.2, 0.25) is 10.0 Å². The van der Waals surface area contributed by atoms with E-state index < -0.39 is 10.0 Å². The van der Waals surface area contributed by atoms with Crippen molar-refractivity contribution in [2.24, 2.45) is 5.92 Å². The van der Waals surface area contributed by atoms with Gasteiger partial charge in [-0.05, 0) is 37.9 Å². The minimum atomic E-state index is -3.37. The Bertz CT molecular complexity index is 493. The van der Waals surface area contributed by atoms with E-state index in [4.69, 9.17) is 4.74 Å². The summed E-state index contributed by atoms with van der Waals surface area (Å²) in [4.78, 5) is 1.02. The van der Waals surface area contributed by atoms with Crippen LogP contribution in [0.4, 0.5) is 0 Å². The Balaban J connectivity index is 1.92. The van der Waals surface area contributed by atoms with Crippen molar-refractivity contribution in [2.45, 2.75) is 23.6 Å². The van der Waals surface area contributed by atoms with Crippen LogP contribution in [-0.2, 0) is 21.3 Å². The van der Waals surface area contributed by atoms with Crippen LogP contribution in [-0.4, -0.2) is 35.2 Å². The largest absolute Gasteiger partial charge is 0.381 e. The highest BCUT2D eigenvalue weighted by molar-refractivity contribution is 7.91. The van der Waals surface area contributed by atoms with Crippen LogP contribution < -0.4 is 10.0 Å². The molecule has 0 saturated carbocycles. The molecule has 1 fully saturated rings. The monoisotopic (exact) mass is 304 g/mol. The number of hydrogen-bond acceptors (Lipinski definition) is 5. The van der Waals surface area contributed by atoms with E-state index in [-0.39, 0.29) is 0 Å². The van der Waals surface area contributed by atoms with Crippen molar-refractivity contribution in [3.63, 3.8) is 0 Å². The molecule has 0 amide bonds. The van der Waals surface area contributed by atoms with E-state index >= 15 is 0 Å². The van der Waals surface area contributed by atoms with Crippen molar-refractivity contribution in [3.05, 3.63) is 17.0 Å². The molecule has 0 aromatic carbocycles. The first-order chi connectivity index (χ1) is 9.12. The molecular weight excluding hydrogens is 284 g/mol. The molecule has 1 atom stereocenters. The average molecular weight is 304 g/mol. The highest BCUT2D eigenvalue weighted by atomic mass is 32.2. The topological polar surface area (TPSA) is 67.4 Å². The molecule has 0 radical (unpaired) electrons. The fourth-order valence-electron chi connectivity index (χ4n) is 2.04. The quantitative estimate of drug-likeness (QED) is 0.828. The zero-order chi connectivity index (χ0) is 13.7. The lowest BCUT2D eigenvalue weighted by molar-refractivity contribution is 0.0568. The van der Waals surface area contributed by atoms with Crippen molar-refractivity contribution >= 4 is 21.4 Å². The molecule has 0 spiro atoms. The van der Waals surface area contributed by atoms with Crippen molar-refractivity contribution in [2.75, 3.05) is 26.8 Å². The number of hydrogen-bond donors (Lipinski definition) is 2. The highest BCUT2D eigenvalue weighted by Crippen LogP contribution is 2.22. The van der Waals surface area contributed by atoms with Gasteiger partial charge in [0.1, 0.15) is 4.21 Å². The fraction of sp³-hybridized carbons (Fsp3) is 0.667. The van der Waals surface area contributed by atoms with Crippen LogP contribution in [0.2, 0.25) is 0 Å². The van der Waals surface area contributed by atoms with Gasteiger partial charge in [0, 0.05) is 24.6 Å². The van der Waals surface area contributed by atoms with E-state index in [1.165, 1.54) is 11.3 Å². The van der Waals surface area contributed by atoms with Crippen LogP contribution in [0, 0.1) is 5.92 Å². The molecule has 108 valence electrons. The minimum absolute atomic E-state index is 0.292. The summed E-state index contributed by atoms with van der Waals surface area (Å²) in [6.45, 7) is 2.60. The Morgan fingerprint density at radius 2 is 2.32 bits per heavy atom. The first-order valence-corrected chi connectivity index (χ1v) is 8.72. The molecule has 2 heterocycles. The van der Waals surface area contributed by atoms with Gasteiger partial charge in [-0.25, -0.2) is 13.1 Å². The Hall–Kier alpha value is -0.470. The van der Waals surface area contributed by atoms with Gasteiger partial charge in [-0.3, -0.25) is 0 Å². The van der Waals surface area contributed by atoms with Crippen LogP contribution in [0.1, 0.15) is 17.7 Å². The molecule has 2 rings (SSSR count). The predicted octanol–water partition coefficient (Wildman–Crippen LogP) is 1.17. The minimum Gasteiger partial charge on any atom is -0.381 e. The van der Waals surface area contributed by atoms with Gasteiger partial charge in [0.25, 0.3) is 0 Å². The van der Waals surface area contributed by atoms with E-state index in [0.717, 1.165) is 24.3 Å². The molecule has 1 aromatic rings. The lowest BCUT2D eigenvalue weighted by Crippen LogP contribution is -2.32. The molecule has 1 aliphatic rings. The van der Waals surface area contributed by atoms with Crippen molar-refractivity contribution < 1.29 is 13.2 Å². The molecule has 1 unspecified atom stereocenters. The third kappa shape index (κ3) is 4.25. The zero-order valence-electron chi connectivity index (χ0n) is 11.0. The molecule has 19 heavy (non-hydrogen) atoms. The SMILES string of the molecule is CNCc1ccc(S(=O)(=O)NCC2CCCOC2)s1. The smallest absolute Gasteiger partial charge is 0.250 e. The van der Waals surface area contributed by atoms with E-state index in [2.05, 4.69) is 10.0 Å². The molecule has 2 N–H and O–H groups in total. The molecule has 0 aliphatic carbocycles. The average Bonchev–Trinajstić information content (AvgIpc) is 2.88. The third-order valence-corrected chi connectivity index (χ3v) is 6.07. The van der Waals surface area contributed by atoms with Crippen molar-refractivity contribution in [3.8, 4) is 0 Å². The maximum absolute atomic E-state index is 12.1. The van der Waals surface area contributed by atoms with Gasteiger partial charge >= 0.3 is 0 Å². The zero-order valence-corrected chi connectivity index (χ0v) is 12.6. The van der Waals surface area contributed by atoms with Crippen molar-refractivity contribution in [1.82, 2.24) is 10.0 Å². The summed E-state index contributed by atoms with van der Waals surface area (Å²) in [5.74, 6) is 0.292. The second-order valence-corrected chi connectivity index (χ2v) is 7.85. The number of ether oxygens (including phenoxy) is 1. The maximum atomic E-state index is 12.1. The van der Waals surface area contributed by atoms with Gasteiger partial charge in [-0.2, -0.15) is 0 Å². The molecule has 7 heteroatoms. The van der Waals surface area contributed by atoms with Gasteiger partial charge < -0.3 is 10.1 Å². The van der Waals surface area contributed by atoms with Crippen LogP contribution in [0.15, 0.2) is 16.3 Å². The Morgan fingerprint density at radius 1 is 1.47 bits per heavy atom. The highest BCUT2D eigenvalue weighted by Gasteiger charge is 2.20. The molecule has 5 nitrogen and oxygen atoms in total. The first kappa shape index (κ1) is 14.9. The second-order valence-electron chi connectivity index (χ2n) is 4.69. The molecule has 1 aromatic heterocycles.